The summed E-state index contributed by atoms with van der Waals surface area (Å²) in [4.78, 5) is 16.9. The first-order valence-electron chi connectivity index (χ1n) is 9.11. The number of pyridine rings is 2. The standard InChI is InChI=1S/C22H21ClN4O/c1-14-7-6-8-15(2)18(14)12-24-19-11-17(26-10-5-4-9-20(26)28)13-27-21(23)16(3)25-22(19)27/h4-11,13,24H,12H2,1-3H3. The van der Waals surface area contributed by atoms with Crippen LogP contribution in [0.2, 0.25) is 5.15 Å². The van der Waals surface area contributed by atoms with Crippen molar-refractivity contribution in [1.82, 2.24) is 14.0 Å². The van der Waals surface area contributed by atoms with Crippen LogP contribution in [0.25, 0.3) is 11.3 Å². The lowest BCUT2D eigenvalue weighted by Gasteiger charge is -2.14. The number of nitrogens with zero attached hydrogens (tertiary/aromatic N) is 3. The zero-order valence-electron chi connectivity index (χ0n) is 16.0. The molecule has 5 nitrogen and oxygen atoms in total. The Morgan fingerprint density at radius 1 is 1.07 bits per heavy atom. The zero-order valence-corrected chi connectivity index (χ0v) is 16.8. The molecule has 0 spiro atoms. The molecule has 4 rings (SSSR count). The molecule has 0 aliphatic carbocycles. The summed E-state index contributed by atoms with van der Waals surface area (Å²) in [7, 11) is 0. The van der Waals surface area contributed by atoms with Gasteiger partial charge in [-0.05, 0) is 49.6 Å². The largest absolute Gasteiger partial charge is 0.378 e. The quantitative estimate of drug-likeness (QED) is 0.548. The summed E-state index contributed by atoms with van der Waals surface area (Å²) in [5, 5.41) is 4.04. The summed E-state index contributed by atoms with van der Waals surface area (Å²) in [5.74, 6) is 0. The monoisotopic (exact) mass is 392 g/mol. The van der Waals surface area contributed by atoms with E-state index in [1.807, 2.05) is 29.7 Å². The highest BCUT2D eigenvalue weighted by molar-refractivity contribution is 6.30. The highest BCUT2D eigenvalue weighted by Gasteiger charge is 2.14. The lowest BCUT2D eigenvalue weighted by molar-refractivity contribution is 0.967. The Balaban J connectivity index is 1.84. The first-order valence-corrected chi connectivity index (χ1v) is 9.48. The van der Waals surface area contributed by atoms with Gasteiger partial charge >= 0.3 is 0 Å². The summed E-state index contributed by atoms with van der Waals surface area (Å²) in [6, 6.07) is 13.3. The number of aryl methyl sites for hydroxylation is 3. The lowest BCUT2D eigenvalue weighted by atomic mass is 10.0. The van der Waals surface area contributed by atoms with Crippen molar-refractivity contribution < 1.29 is 0 Å². The molecule has 0 bridgehead atoms. The Hall–Kier alpha value is -3.05. The molecular formula is C22H21ClN4O. The van der Waals surface area contributed by atoms with Crippen LogP contribution in [0.15, 0.2) is 59.7 Å². The molecule has 1 aromatic carbocycles. The highest BCUT2D eigenvalue weighted by atomic mass is 35.5. The summed E-state index contributed by atoms with van der Waals surface area (Å²) in [6.07, 6.45) is 3.58. The fourth-order valence-electron chi connectivity index (χ4n) is 3.43. The molecule has 3 heterocycles. The summed E-state index contributed by atoms with van der Waals surface area (Å²) >= 11 is 6.47. The van der Waals surface area contributed by atoms with Crippen LogP contribution >= 0.6 is 11.6 Å². The number of hydrogen-bond donors (Lipinski definition) is 1. The van der Waals surface area contributed by atoms with E-state index >= 15 is 0 Å². The minimum Gasteiger partial charge on any atom is -0.378 e. The van der Waals surface area contributed by atoms with Crippen LogP contribution in [0.5, 0.6) is 0 Å². The van der Waals surface area contributed by atoms with Gasteiger partial charge < -0.3 is 5.32 Å². The van der Waals surface area contributed by atoms with E-state index in [1.165, 1.54) is 22.8 Å². The molecular weight excluding hydrogens is 372 g/mol. The van der Waals surface area contributed by atoms with Crippen molar-refractivity contribution >= 4 is 22.9 Å². The second-order valence-corrected chi connectivity index (χ2v) is 7.28. The molecule has 142 valence electrons. The van der Waals surface area contributed by atoms with Crippen molar-refractivity contribution in [3.8, 4) is 5.69 Å². The number of nitrogens with one attached hydrogen (secondary N) is 1. The second kappa shape index (κ2) is 7.17. The van der Waals surface area contributed by atoms with E-state index in [2.05, 4.69) is 42.3 Å². The van der Waals surface area contributed by atoms with E-state index in [9.17, 15) is 4.79 Å². The fraction of sp³-hybridized carbons (Fsp3) is 0.182. The summed E-state index contributed by atoms with van der Waals surface area (Å²) in [5.41, 5.74) is 6.64. The van der Waals surface area contributed by atoms with Gasteiger partial charge in [-0.25, -0.2) is 4.98 Å². The molecule has 6 heteroatoms. The van der Waals surface area contributed by atoms with E-state index in [1.54, 1.807) is 16.8 Å². The van der Waals surface area contributed by atoms with Gasteiger partial charge in [-0.15, -0.1) is 0 Å². The zero-order chi connectivity index (χ0) is 19.8. The molecule has 0 aliphatic rings. The maximum Gasteiger partial charge on any atom is 0.255 e. The number of fused-ring (bicyclic) bond motifs is 1. The third-order valence-corrected chi connectivity index (χ3v) is 5.46. The molecule has 0 radical (unpaired) electrons. The van der Waals surface area contributed by atoms with Crippen LogP contribution < -0.4 is 10.9 Å². The minimum atomic E-state index is -0.101. The maximum atomic E-state index is 12.3. The number of rotatable bonds is 4. The Morgan fingerprint density at radius 3 is 2.54 bits per heavy atom. The van der Waals surface area contributed by atoms with Gasteiger partial charge in [0.15, 0.2) is 5.65 Å². The van der Waals surface area contributed by atoms with Gasteiger partial charge in [0.05, 0.1) is 17.1 Å². The van der Waals surface area contributed by atoms with Gasteiger partial charge in [-0.2, -0.15) is 0 Å². The molecule has 1 N–H and O–H groups in total. The molecule has 0 fully saturated rings. The van der Waals surface area contributed by atoms with E-state index in [-0.39, 0.29) is 5.56 Å². The smallest absolute Gasteiger partial charge is 0.255 e. The van der Waals surface area contributed by atoms with Gasteiger partial charge in [0.2, 0.25) is 0 Å². The third kappa shape index (κ3) is 3.18. The first-order chi connectivity index (χ1) is 13.5. The van der Waals surface area contributed by atoms with Crippen molar-refractivity contribution in [3.05, 3.63) is 92.7 Å². The number of halogens is 1. The predicted octanol–water partition coefficient (Wildman–Crippen LogP) is 4.68. The van der Waals surface area contributed by atoms with Crippen molar-refractivity contribution in [2.45, 2.75) is 27.3 Å². The molecule has 28 heavy (non-hydrogen) atoms. The van der Waals surface area contributed by atoms with Crippen molar-refractivity contribution in [2.75, 3.05) is 5.32 Å². The van der Waals surface area contributed by atoms with Gasteiger partial charge in [0.1, 0.15) is 5.15 Å². The van der Waals surface area contributed by atoms with Crippen LogP contribution in [0.3, 0.4) is 0 Å². The van der Waals surface area contributed by atoms with Gasteiger partial charge in [0, 0.05) is 25.0 Å². The summed E-state index contributed by atoms with van der Waals surface area (Å²) < 4.78 is 3.41. The van der Waals surface area contributed by atoms with Gasteiger partial charge in [-0.1, -0.05) is 35.9 Å². The number of hydrogen-bond acceptors (Lipinski definition) is 3. The van der Waals surface area contributed by atoms with E-state index in [4.69, 9.17) is 11.6 Å². The molecule has 4 aromatic rings. The van der Waals surface area contributed by atoms with Crippen LogP contribution in [0.4, 0.5) is 5.69 Å². The third-order valence-electron chi connectivity index (χ3n) is 5.01. The SMILES string of the molecule is Cc1cccc(C)c1CNc1cc(-n2ccccc2=O)cn2c(Cl)c(C)nc12. The number of imidazole rings is 1. The summed E-state index contributed by atoms with van der Waals surface area (Å²) in [6.45, 7) is 6.75. The Kier molecular flexibility index (Phi) is 4.69. The molecule has 0 unspecified atom stereocenters. The lowest BCUT2D eigenvalue weighted by Crippen LogP contribution is -2.16. The molecule has 3 aromatic heterocycles. The normalized spacial score (nSPS) is 11.1. The minimum absolute atomic E-state index is 0.101. The van der Waals surface area contributed by atoms with Crippen LogP contribution in [0, 0.1) is 20.8 Å². The Labute approximate surface area is 168 Å². The topological polar surface area (TPSA) is 51.3 Å². The van der Waals surface area contributed by atoms with Crippen LogP contribution in [0.1, 0.15) is 22.4 Å². The Bertz CT molecular complexity index is 1220. The van der Waals surface area contributed by atoms with Crippen molar-refractivity contribution in [1.29, 1.82) is 0 Å². The molecule has 0 atom stereocenters. The van der Waals surface area contributed by atoms with E-state index in [0.717, 1.165) is 22.7 Å². The van der Waals surface area contributed by atoms with E-state index in [0.29, 0.717) is 11.7 Å². The first kappa shape index (κ1) is 18.3. The average molecular weight is 393 g/mol. The second-order valence-electron chi connectivity index (χ2n) is 6.93. The number of anilines is 1. The van der Waals surface area contributed by atoms with Crippen LogP contribution in [-0.4, -0.2) is 14.0 Å². The number of benzene rings is 1. The Morgan fingerprint density at radius 2 is 1.82 bits per heavy atom. The fourth-order valence-corrected chi connectivity index (χ4v) is 3.60. The highest BCUT2D eigenvalue weighted by Crippen LogP contribution is 2.27. The van der Waals surface area contributed by atoms with Crippen molar-refractivity contribution in [2.24, 2.45) is 0 Å². The molecule has 0 amide bonds. The average Bonchev–Trinajstić information content (AvgIpc) is 2.96. The van der Waals surface area contributed by atoms with Gasteiger partial charge in [0.25, 0.3) is 5.56 Å². The van der Waals surface area contributed by atoms with Crippen molar-refractivity contribution in [3.63, 3.8) is 0 Å². The maximum absolute atomic E-state index is 12.3. The van der Waals surface area contributed by atoms with E-state index < -0.39 is 0 Å². The molecule has 0 saturated heterocycles. The number of aromatic nitrogens is 3. The molecule has 0 saturated carbocycles. The van der Waals surface area contributed by atoms with Gasteiger partial charge in [-0.3, -0.25) is 13.8 Å². The molecule has 0 aliphatic heterocycles. The van der Waals surface area contributed by atoms with Crippen LogP contribution in [-0.2, 0) is 6.54 Å². The predicted molar refractivity (Wildman–Crippen MR) is 114 cm³/mol.